The summed E-state index contributed by atoms with van der Waals surface area (Å²) in [6, 6.07) is 24.2. The number of rotatable bonds is 4. The number of benzene rings is 2. The SMILES string of the molecule is Clc1cccc(Nc2ccccc2Cc2ccccc2)n1. The summed E-state index contributed by atoms with van der Waals surface area (Å²) in [5.74, 6) is 0.753. The number of nitrogens with one attached hydrogen (secondary N) is 1. The van der Waals surface area contributed by atoms with Gasteiger partial charge in [-0.2, -0.15) is 0 Å². The Morgan fingerprint density at radius 3 is 2.38 bits per heavy atom. The van der Waals surface area contributed by atoms with E-state index in [2.05, 4.69) is 52.8 Å². The molecular weight excluding hydrogens is 280 g/mol. The van der Waals surface area contributed by atoms with Crippen LogP contribution < -0.4 is 5.32 Å². The lowest BCUT2D eigenvalue weighted by molar-refractivity contribution is 1.19. The van der Waals surface area contributed by atoms with Crippen molar-refractivity contribution in [1.82, 2.24) is 4.98 Å². The average molecular weight is 295 g/mol. The molecular formula is C18H15ClN2. The van der Waals surface area contributed by atoms with E-state index in [9.17, 15) is 0 Å². The zero-order valence-electron chi connectivity index (χ0n) is 11.5. The standard InChI is InChI=1S/C18H15ClN2/c19-17-11-6-12-18(21-17)20-16-10-5-4-9-15(16)13-14-7-2-1-3-8-14/h1-12H,13H2,(H,20,21). The van der Waals surface area contributed by atoms with Gasteiger partial charge in [0.05, 0.1) is 0 Å². The Hall–Kier alpha value is -2.32. The highest BCUT2D eigenvalue weighted by molar-refractivity contribution is 6.29. The van der Waals surface area contributed by atoms with Crippen LogP contribution in [0, 0.1) is 0 Å². The van der Waals surface area contributed by atoms with Crippen LogP contribution in [0.3, 0.4) is 0 Å². The van der Waals surface area contributed by atoms with E-state index >= 15 is 0 Å². The molecule has 0 radical (unpaired) electrons. The second-order valence-electron chi connectivity index (χ2n) is 4.79. The molecule has 1 N–H and O–H groups in total. The van der Waals surface area contributed by atoms with Gasteiger partial charge in [0, 0.05) is 5.69 Å². The first kappa shape index (κ1) is 13.7. The Kier molecular flexibility index (Phi) is 4.17. The van der Waals surface area contributed by atoms with Crippen LogP contribution >= 0.6 is 11.6 Å². The average Bonchev–Trinajstić information content (AvgIpc) is 2.50. The summed E-state index contributed by atoms with van der Waals surface area (Å²) < 4.78 is 0. The minimum atomic E-state index is 0.487. The van der Waals surface area contributed by atoms with E-state index in [1.807, 2.05) is 24.3 Å². The number of pyridine rings is 1. The molecule has 2 aromatic carbocycles. The van der Waals surface area contributed by atoms with Crippen molar-refractivity contribution in [2.24, 2.45) is 0 Å². The Morgan fingerprint density at radius 1 is 0.810 bits per heavy atom. The first-order valence-corrected chi connectivity index (χ1v) is 7.20. The van der Waals surface area contributed by atoms with E-state index in [-0.39, 0.29) is 0 Å². The second kappa shape index (κ2) is 6.42. The lowest BCUT2D eigenvalue weighted by Crippen LogP contribution is -1.98. The molecule has 1 aromatic heterocycles. The minimum Gasteiger partial charge on any atom is -0.340 e. The van der Waals surface area contributed by atoms with Gasteiger partial charge in [-0.05, 0) is 35.7 Å². The molecule has 0 bridgehead atoms. The van der Waals surface area contributed by atoms with Crippen LogP contribution in [0.1, 0.15) is 11.1 Å². The Labute approximate surface area is 129 Å². The maximum atomic E-state index is 5.93. The molecule has 2 nitrogen and oxygen atoms in total. The van der Waals surface area contributed by atoms with E-state index in [0.717, 1.165) is 17.9 Å². The van der Waals surface area contributed by atoms with Crippen LogP contribution in [0.15, 0.2) is 72.8 Å². The zero-order valence-corrected chi connectivity index (χ0v) is 12.2. The predicted molar refractivity (Wildman–Crippen MR) is 88.2 cm³/mol. The van der Waals surface area contributed by atoms with Gasteiger partial charge in [-0.3, -0.25) is 0 Å². The molecule has 0 unspecified atom stereocenters. The third kappa shape index (κ3) is 3.61. The van der Waals surface area contributed by atoms with E-state index in [0.29, 0.717) is 5.15 Å². The van der Waals surface area contributed by atoms with E-state index < -0.39 is 0 Å². The summed E-state index contributed by atoms with van der Waals surface area (Å²) in [5, 5.41) is 3.82. The smallest absolute Gasteiger partial charge is 0.132 e. The topological polar surface area (TPSA) is 24.9 Å². The van der Waals surface area contributed by atoms with E-state index in [4.69, 9.17) is 11.6 Å². The first-order chi connectivity index (χ1) is 10.3. The maximum absolute atomic E-state index is 5.93. The van der Waals surface area contributed by atoms with Gasteiger partial charge < -0.3 is 5.32 Å². The lowest BCUT2D eigenvalue weighted by atomic mass is 10.0. The van der Waals surface area contributed by atoms with Gasteiger partial charge in [-0.1, -0.05) is 66.2 Å². The predicted octanol–water partition coefficient (Wildman–Crippen LogP) is 5.07. The molecule has 104 valence electrons. The summed E-state index contributed by atoms with van der Waals surface area (Å²) in [6.07, 6.45) is 0.880. The molecule has 0 fully saturated rings. The van der Waals surface area contributed by atoms with Crippen molar-refractivity contribution in [3.63, 3.8) is 0 Å². The highest BCUT2D eigenvalue weighted by Crippen LogP contribution is 2.23. The molecule has 0 spiro atoms. The van der Waals surface area contributed by atoms with Crippen molar-refractivity contribution in [1.29, 1.82) is 0 Å². The quantitative estimate of drug-likeness (QED) is 0.680. The van der Waals surface area contributed by atoms with Gasteiger partial charge in [-0.15, -0.1) is 0 Å². The summed E-state index contributed by atoms with van der Waals surface area (Å²) in [6.45, 7) is 0. The number of nitrogens with zero attached hydrogens (tertiary/aromatic N) is 1. The fourth-order valence-corrected chi connectivity index (χ4v) is 2.39. The van der Waals surface area contributed by atoms with Crippen molar-refractivity contribution >= 4 is 23.1 Å². The largest absolute Gasteiger partial charge is 0.340 e. The molecule has 21 heavy (non-hydrogen) atoms. The normalized spacial score (nSPS) is 10.3. The van der Waals surface area contributed by atoms with Gasteiger partial charge in [0.25, 0.3) is 0 Å². The second-order valence-corrected chi connectivity index (χ2v) is 5.18. The number of para-hydroxylation sites is 1. The van der Waals surface area contributed by atoms with Gasteiger partial charge in [0.1, 0.15) is 11.0 Å². The number of aromatic nitrogens is 1. The summed E-state index contributed by atoms with van der Waals surface area (Å²) in [4.78, 5) is 4.27. The molecule has 0 saturated heterocycles. The van der Waals surface area contributed by atoms with Crippen molar-refractivity contribution in [3.8, 4) is 0 Å². The van der Waals surface area contributed by atoms with Gasteiger partial charge in [0.2, 0.25) is 0 Å². The summed E-state index contributed by atoms with van der Waals surface area (Å²) >= 11 is 5.93. The van der Waals surface area contributed by atoms with Gasteiger partial charge in [0.15, 0.2) is 0 Å². The highest BCUT2D eigenvalue weighted by atomic mass is 35.5. The monoisotopic (exact) mass is 294 g/mol. The molecule has 1 heterocycles. The third-order valence-electron chi connectivity index (χ3n) is 3.23. The third-order valence-corrected chi connectivity index (χ3v) is 3.44. The molecule has 0 aliphatic carbocycles. The summed E-state index contributed by atoms with van der Waals surface area (Å²) in [7, 11) is 0. The number of hydrogen-bond donors (Lipinski definition) is 1. The van der Waals surface area contributed by atoms with Gasteiger partial charge >= 0.3 is 0 Å². The van der Waals surface area contributed by atoms with Crippen molar-refractivity contribution in [2.75, 3.05) is 5.32 Å². The molecule has 0 saturated carbocycles. The van der Waals surface area contributed by atoms with Crippen molar-refractivity contribution in [2.45, 2.75) is 6.42 Å². The van der Waals surface area contributed by atoms with Crippen LogP contribution in [0.25, 0.3) is 0 Å². The Bertz CT molecular complexity index is 726. The fourth-order valence-electron chi connectivity index (χ4n) is 2.23. The zero-order chi connectivity index (χ0) is 14.5. The van der Waals surface area contributed by atoms with Gasteiger partial charge in [-0.25, -0.2) is 4.98 Å². The molecule has 0 aliphatic rings. The number of halogens is 1. The number of hydrogen-bond acceptors (Lipinski definition) is 2. The Morgan fingerprint density at radius 2 is 1.57 bits per heavy atom. The van der Waals surface area contributed by atoms with Crippen molar-refractivity contribution < 1.29 is 0 Å². The fraction of sp³-hybridized carbons (Fsp3) is 0.0556. The molecule has 0 aliphatic heterocycles. The molecule has 3 heteroatoms. The number of anilines is 2. The van der Waals surface area contributed by atoms with E-state index in [1.165, 1.54) is 11.1 Å². The molecule has 3 rings (SSSR count). The van der Waals surface area contributed by atoms with Crippen LogP contribution in [-0.2, 0) is 6.42 Å². The van der Waals surface area contributed by atoms with Crippen LogP contribution in [0.2, 0.25) is 5.15 Å². The van der Waals surface area contributed by atoms with E-state index in [1.54, 1.807) is 6.07 Å². The maximum Gasteiger partial charge on any atom is 0.132 e. The Balaban J connectivity index is 1.86. The summed E-state index contributed by atoms with van der Waals surface area (Å²) in [5.41, 5.74) is 3.56. The molecule has 0 amide bonds. The lowest BCUT2D eigenvalue weighted by Gasteiger charge is -2.11. The first-order valence-electron chi connectivity index (χ1n) is 6.83. The van der Waals surface area contributed by atoms with Crippen LogP contribution in [-0.4, -0.2) is 4.98 Å². The van der Waals surface area contributed by atoms with Crippen LogP contribution in [0.4, 0.5) is 11.5 Å². The van der Waals surface area contributed by atoms with Crippen molar-refractivity contribution in [3.05, 3.63) is 89.1 Å². The molecule has 0 atom stereocenters. The molecule has 3 aromatic rings. The highest BCUT2D eigenvalue weighted by Gasteiger charge is 2.04. The van der Waals surface area contributed by atoms with Crippen LogP contribution in [0.5, 0.6) is 0 Å². The minimum absolute atomic E-state index is 0.487.